The number of nitrogens with zero attached hydrogens (tertiary/aromatic N) is 1. The highest BCUT2D eigenvalue weighted by Crippen LogP contribution is 2.60. The Kier molecular flexibility index (Phi) is 10.6. The van der Waals surface area contributed by atoms with Crippen LogP contribution in [0.15, 0.2) is 0 Å². The molecule has 0 saturated carbocycles. The van der Waals surface area contributed by atoms with Crippen LogP contribution in [0.2, 0.25) is 0 Å². The van der Waals surface area contributed by atoms with E-state index in [2.05, 4.69) is 4.90 Å². The van der Waals surface area contributed by atoms with Crippen molar-refractivity contribution in [3.05, 3.63) is 0 Å². The average Bonchev–Trinajstić information content (AvgIpc) is 3.74. The Morgan fingerprint density at radius 3 is 2.27 bits per heavy atom. The normalized spacial score (nSPS) is 53.4. The van der Waals surface area contributed by atoms with Crippen molar-refractivity contribution >= 4 is 11.8 Å². The molecule has 276 valence electrons. The highest BCUT2D eigenvalue weighted by Gasteiger charge is 2.76. The fourth-order valence-electron chi connectivity index (χ4n) is 9.02. The molecular formula is C35H59NO12. The SMILES string of the molecule is CC[C@H]1OC(=O)[C@H]2[C@@H](OC23CC2(OC)OC2C(C)O3)[C@H](C)[C@@H](OC2CC(N(C)C)CC(C)O2)[C@@](C)(O)C[C@@H](C)C(=O)[C@H](C)[C@@H](O)[C@]1(C)O. The van der Waals surface area contributed by atoms with E-state index in [9.17, 15) is 24.9 Å². The molecule has 48 heavy (non-hydrogen) atoms. The third kappa shape index (κ3) is 6.62. The molecule has 0 aromatic rings. The van der Waals surface area contributed by atoms with Crippen LogP contribution in [0.4, 0.5) is 0 Å². The number of carbonyl (C=O) groups excluding carboxylic acids is 2. The Bertz CT molecular complexity index is 1200. The van der Waals surface area contributed by atoms with Crippen molar-refractivity contribution in [3.63, 3.8) is 0 Å². The van der Waals surface area contributed by atoms with Gasteiger partial charge in [0.05, 0.1) is 42.5 Å². The summed E-state index contributed by atoms with van der Waals surface area (Å²) in [4.78, 5) is 30.3. The zero-order valence-corrected chi connectivity index (χ0v) is 30.5. The summed E-state index contributed by atoms with van der Waals surface area (Å²) in [7, 11) is 5.56. The summed E-state index contributed by atoms with van der Waals surface area (Å²) >= 11 is 0. The molecule has 13 heteroatoms. The Morgan fingerprint density at radius 1 is 1.00 bits per heavy atom. The minimum atomic E-state index is -1.96. The van der Waals surface area contributed by atoms with E-state index < -0.39 is 89.2 Å². The maximum Gasteiger partial charge on any atom is 0.317 e. The molecule has 5 heterocycles. The topological polar surface area (TPSA) is 166 Å². The van der Waals surface area contributed by atoms with Crippen molar-refractivity contribution in [1.82, 2.24) is 4.90 Å². The molecule has 5 aliphatic rings. The zero-order valence-electron chi connectivity index (χ0n) is 30.5. The van der Waals surface area contributed by atoms with E-state index in [4.69, 9.17) is 33.2 Å². The fourth-order valence-corrected chi connectivity index (χ4v) is 9.02. The molecule has 5 saturated heterocycles. The van der Waals surface area contributed by atoms with Crippen molar-refractivity contribution < 1.29 is 58.1 Å². The van der Waals surface area contributed by atoms with Gasteiger partial charge in [-0.2, -0.15) is 0 Å². The van der Waals surface area contributed by atoms with E-state index in [1.165, 1.54) is 6.92 Å². The maximum atomic E-state index is 14.4. The van der Waals surface area contributed by atoms with Gasteiger partial charge in [0.1, 0.15) is 29.5 Å². The van der Waals surface area contributed by atoms with Crippen LogP contribution in [0.25, 0.3) is 0 Å². The first-order valence-corrected chi connectivity index (χ1v) is 17.7. The van der Waals surface area contributed by atoms with Crippen LogP contribution in [0.1, 0.15) is 87.5 Å². The van der Waals surface area contributed by atoms with Crippen molar-refractivity contribution in [1.29, 1.82) is 0 Å². The van der Waals surface area contributed by atoms with Crippen LogP contribution in [-0.4, -0.2) is 131 Å². The summed E-state index contributed by atoms with van der Waals surface area (Å²) in [6, 6.07) is 0.180. The molecule has 0 aromatic carbocycles. The fraction of sp³-hybridized carbons (Fsp3) is 0.943. The van der Waals surface area contributed by atoms with Crippen LogP contribution in [0.3, 0.4) is 0 Å². The molecule has 5 rings (SSSR count). The molecule has 7 unspecified atom stereocenters. The van der Waals surface area contributed by atoms with Gasteiger partial charge < -0.3 is 53.4 Å². The van der Waals surface area contributed by atoms with E-state index in [0.29, 0.717) is 6.42 Å². The summed E-state index contributed by atoms with van der Waals surface area (Å²) in [5.41, 5.74) is -3.58. The lowest BCUT2D eigenvalue weighted by Crippen LogP contribution is -2.72. The van der Waals surface area contributed by atoms with Gasteiger partial charge in [0.25, 0.3) is 0 Å². The van der Waals surface area contributed by atoms with E-state index in [-0.39, 0.29) is 43.3 Å². The Labute approximate surface area is 284 Å². The molecule has 3 N–H and O–H groups in total. The van der Waals surface area contributed by atoms with Crippen molar-refractivity contribution in [3.8, 4) is 0 Å². The second-order valence-electron chi connectivity index (χ2n) is 16.0. The largest absolute Gasteiger partial charge is 0.459 e. The lowest BCUT2D eigenvalue weighted by atomic mass is 9.69. The molecule has 17 atom stereocenters. The monoisotopic (exact) mass is 685 g/mol. The number of ether oxygens (including phenoxy) is 7. The standard InChI is InChI=1S/C35H59NO12/c1-12-23-33(8,41)28(38)19(4)26(37)17(2)15-32(7,40)29(45-24-14-22(36(9)10)13-18(3)43-24)20(5)27-25(31(39)44-23)34(47-27)16-35(42-11)30(48-35)21(6)46-34/h17-25,27-30,38,40-41H,12-16H2,1-11H3/t17-,18?,19+,20+,21?,22?,23-,24?,25-,27+,28-,29-,30?,32+,33-,34?,35?/m1/s1. The van der Waals surface area contributed by atoms with Gasteiger partial charge in [0.15, 0.2) is 12.1 Å². The van der Waals surface area contributed by atoms with Crippen LogP contribution in [-0.2, 0) is 42.7 Å². The van der Waals surface area contributed by atoms with Gasteiger partial charge in [-0.25, -0.2) is 0 Å². The quantitative estimate of drug-likeness (QED) is 0.285. The molecule has 0 amide bonds. The van der Waals surface area contributed by atoms with Gasteiger partial charge in [0.2, 0.25) is 5.79 Å². The number of rotatable bonds is 5. The maximum absolute atomic E-state index is 14.4. The number of hydrogen-bond donors (Lipinski definition) is 3. The van der Waals surface area contributed by atoms with Gasteiger partial charge in [-0.3, -0.25) is 9.59 Å². The number of aliphatic hydroxyl groups excluding tert-OH is 1. The average molecular weight is 686 g/mol. The number of aliphatic hydroxyl groups is 3. The van der Waals surface area contributed by atoms with Crippen LogP contribution in [0, 0.1) is 23.7 Å². The minimum Gasteiger partial charge on any atom is -0.459 e. The summed E-state index contributed by atoms with van der Waals surface area (Å²) in [5, 5.41) is 35.3. The number of carbonyl (C=O) groups is 2. The minimum absolute atomic E-state index is 0.0144. The van der Waals surface area contributed by atoms with Crippen LogP contribution >= 0.6 is 0 Å². The summed E-state index contributed by atoms with van der Waals surface area (Å²) in [5.74, 6) is -6.92. The summed E-state index contributed by atoms with van der Waals surface area (Å²) < 4.78 is 43.7. The smallest absolute Gasteiger partial charge is 0.317 e. The first-order valence-electron chi connectivity index (χ1n) is 17.7. The molecule has 0 bridgehead atoms. The lowest BCUT2D eigenvalue weighted by Gasteiger charge is -2.58. The van der Waals surface area contributed by atoms with Crippen molar-refractivity contribution in [2.75, 3.05) is 21.2 Å². The van der Waals surface area contributed by atoms with Gasteiger partial charge in [-0.15, -0.1) is 0 Å². The molecule has 0 radical (unpaired) electrons. The second-order valence-corrected chi connectivity index (χ2v) is 16.0. The van der Waals surface area contributed by atoms with Crippen LogP contribution in [0.5, 0.6) is 0 Å². The Hall–Kier alpha value is -1.26. The first-order chi connectivity index (χ1) is 22.2. The van der Waals surface area contributed by atoms with Crippen molar-refractivity contribution in [2.45, 2.75) is 165 Å². The number of methoxy groups -OCH3 is 1. The van der Waals surface area contributed by atoms with E-state index >= 15 is 0 Å². The zero-order chi connectivity index (χ0) is 35.7. The molecule has 5 fully saturated rings. The molecule has 0 aliphatic carbocycles. The van der Waals surface area contributed by atoms with Gasteiger partial charge >= 0.3 is 5.97 Å². The Morgan fingerprint density at radius 2 is 1.67 bits per heavy atom. The first kappa shape index (κ1) is 38.0. The number of ketones is 1. The predicted molar refractivity (Wildman–Crippen MR) is 171 cm³/mol. The summed E-state index contributed by atoms with van der Waals surface area (Å²) in [6.45, 7) is 13.6. The summed E-state index contributed by atoms with van der Waals surface area (Å²) in [6.07, 6.45) is -4.48. The number of esters is 1. The molecular weight excluding hydrogens is 626 g/mol. The number of cyclic esters (lactones) is 1. The highest BCUT2D eigenvalue weighted by atomic mass is 16.8. The van der Waals surface area contributed by atoms with Gasteiger partial charge in [-0.1, -0.05) is 27.7 Å². The third-order valence-corrected chi connectivity index (χ3v) is 11.8. The van der Waals surface area contributed by atoms with E-state index in [0.717, 1.165) is 6.42 Å². The lowest BCUT2D eigenvalue weighted by molar-refractivity contribution is -0.420. The second kappa shape index (κ2) is 13.4. The third-order valence-electron chi connectivity index (χ3n) is 11.8. The van der Waals surface area contributed by atoms with Gasteiger partial charge in [-0.05, 0) is 61.1 Å². The predicted octanol–water partition coefficient (Wildman–Crippen LogP) is 2.15. The van der Waals surface area contributed by atoms with Crippen molar-refractivity contribution in [2.24, 2.45) is 23.7 Å². The molecule has 1 spiro atoms. The Balaban J connectivity index is 1.56. The number of Topliss-reactive ketones (excluding diaryl/α,β-unsaturated/α-hetero) is 1. The number of epoxide rings is 1. The molecule has 0 aromatic heterocycles. The number of fused-ring (bicyclic) bond motifs is 3. The number of hydrogen-bond acceptors (Lipinski definition) is 13. The molecule has 5 aliphatic heterocycles. The van der Waals surface area contributed by atoms with E-state index in [1.54, 1.807) is 34.8 Å². The molecule has 13 nitrogen and oxygen atoms in total. The van der Waals surface area contributed by atoms with Crippen LogP contribution < -0.4 is 0 Å². The van der Waals surface area contributed by atoms with E-state index in [1.807, 2.05) is 34.9 Å². The highest BCUT2D eigenvalue weighted by molar-refractivity contribution is 5.83. The van der Waals surface area contributed by atoms with Gasteiger partial charge in [0, 0.05) is 37.3 Å².